The van der Waals surface area contributed by atoms with Crippen molar-refractivity contribution < 1.29 is 9.18 Å². The first kappa shape index (κ1) is 18.7. The highest BCUT2D eigenvalue weighted by Crippen LogP contribution is 2.30. The normalized spacial score (nSPS) is 11.0. The van der Waals surface area contributed by atoms with Gasteiger partial charge in [-0.2, -0.15) is 5.10 Å². The van der Waals surface area contributed by atoms with Gasteiger partial charge in [0.05, 0.1) is 11.0 Å². The number of amides is 1. The zero-order valence-electron chi connectivity index (χ0n) is 16.6. The predicted molar refractivity (Wildman–Crippen MR) is 118 cm³/mol. The van der Waals surface area contributed by atoms with Gasteiger partial charge in [-0.05, 0) is 61.0 Å². The van der Waals surface area contributed by atoms with Crippen LogP contribution in [0.15, 0.2) is 79.1 Å². The van der Waals surface area contributed by atoms with Crippen molar-refractivity contribution >= 4 is 22.8 Å². The van der Waals surface area contributed by atoms with E-state index in [4.69, 9.17) is 0 Å². The predicted octanol–water partition coefficient (Wildman–Crippen LogP) is 5.12. The number of aromatic amines is 1. The smallest absolute Gasteiger partial charge is 0.256 e. The van der Waals surface area contributed by atoms with Crippen molar-refractivity contribution in [1.29, 1.82) is 0 Å². The van der Waals surface area contributed by atoms with Crippen LogP contribution in [-0.2, 0) is 0 Å². The van der Waals surface area contributed by atoms with E-state index < -0.39 is 0 Å². The molecule has 0 atom stereocenters. The molecule has 0 unspecified atom stereocenters. The van der Waals surface area contributed by atoms with E-state index in [2.05, 4.69) is 20.5 Å². The molecule has 5 rings (SSSR count). The van der Waals surface area contributed by atoms with Gasteiger partial charge in [0.2, 0.25) is 0 Å². The van der Waals surface area contributed by atoms with E-state index in [0.717, 1.165) is 33.5 Å². The number of fused-ring (bicyclic) bond motifs is 1. The van der Waals surface area contributed by atoms with E-state index in [-0.39, 0.29) is 11.7 Å². The number of aromatic nitrogens is 4. The minimum Gasteiger partial charge on any atom is -0.305 e. The molecule has 2 N–H and O–H groups in total. The summed E-state index contributed by atoms with van der Waals surface area (Å²) in [5, 5.41) is 9.94. The molecule has 2 heterocycles. The lowest BCUT2D eigenvalue weighted by molar-refractivity contribution is 0.102. The lowest BCUT2D eigenvalue weighted by atomic mass is 10.1. The van der Waals surface area contributed by atoms with E-state index in [1.54, 1.807) is 30.6 Å². The second-order valence-electron chi connectivity index (χ2n) is 7.18. The topological polar surface area (TPSA) is 75.6 Å². The van der Waals surface area contributed by atoms with Crippen LogP contribution in [0.3, 0.4) is 0 Å². The maximum absolute atomic E-state index is 13.3. The molecule has 0 spiro atoms. The highest BCUT2D eigenvalue weighted by Gasteiger charge is 2.16. The lowest BCUT2D eigenvalue weighted by Crippen LogP contribution is -2.13. The molecule has 3 aromatic carbocycles. The van der Waals surface area contributed by atoms with Crippen molar-refractivity contribution in [3.8, 4) is 16.8 Å². The third-order valence-corrected chi connectivity index (χ3v) is 5.17. The lowest BCUT2D eigenvalue weighted by Gasteiger charge is -2.08. The summed E-state index contributed by atoms with van der Waals surface area (Å²) < 4.78 is 15.3. The second-order valence-corrected chi connectivity index (χ2v) is 7.18. The molecule has 0 saturated carbocycles. The van der Waals surface area contributed by atoms with Gasteiger partial charge in [0.1, 0.15) is 12.1 Å². The Morgan fingerprint density at radius 1 is 1.00 bits per heavy atom. The number of nitrogens with zero attached hydrogens (tertiary/aromatic N) is 3. The number of carbonyl (C=O) groups excluding carboxylic acids is 1. The number of rotatable bonds is 4. The van der Waals surface area contributed by atoms with Crippen LogP contribution in [0.25, 0.3) is 27.8 Å². The monoisotopic (exact) mass is 411 g/mol. The standard InChI is InChI=1S/C24H18FN5O/c1-15-22(16-6-10-18(25)11-7-16)23(29-28-15)27-24(31)17-8-12-19(13-9-17)30-14-26-20-4-2-3-5-21(20)30/h2-14H,1H3,(H2,27,28,29,31). The van der Waals surface area contributed by atoms with E-state index in [1.165, 1.54) is 12.1 Å². The van der Waals surface area contributed by atoms with Crippen LogP contribution in [0.1, 0.15) is 16.1 Å². The van der Waals surface area contributed by atoms with Gasteiger partial charge in [-0.15, -0.1) is 0 Å². The van der Waals surface area contributed by atoms with Gasteiger partial charge in [-0.25, -0.2) is 9.37 Å². The molecule has 2 aromatic heterocycles. The molecule has 1 amide bonds. The maximum atomic E-state index is 13.3. The number of hydrogen-bond acceptors (Lipinski definition) is 3. The van der Waals surface area contributed by atoms with Crippen LogP contribution >= 0.6 is 0 Å². The maximum Gasteiger partial charge on any atom is 0.256 e. The molecule has 0 aliphatic rings. The zero-order chi connectivity index (χ0) is 21.4. The summed E-state index contributed by atoms with van der Waals surface area (Å²) in [6.07, 6.45) is 1.77. The number of carbonyl (C=O) groups is 1. The van der Waals surface area contributed by atoms with Crippen LogP contribution in [0.2, 0.25) is 0 Å². The van der Waals surface area contributed by atoms with Crippen LogP contribution in [0.4, 0.5) is 10.2 Å². The third kappa shape index (κ3) is 3.46. The molecule has 0 saturated heterocycles. The van der Waals surface area contributed by atoms with Crippen LogP contribution in [0.5, 0.6) is 0 Å². The Hall–Kier alpha value is -4.26. The van der Waals surface area contributed by atoms with Gasteiger partial charge in [-0.1, -0.05) is 24.3 Å². The third-order valence-electron chi connectivity index (χ3n) is 5.17. The van der Waals surface area contributed by atoms with Gasteiger partial charge < -0.3 is 5.32 Å². The Morgan fingerprint density at radius 3 is 2.52 bits per heavy atom. The number of halogens is 1. The molecule has 0 aliphatic carbocycles. The highest BCUT2D eigenvalue weighted by molar-refractivity contribution is 6.05. The summed E-state index contributed by atoms with van der Waals surface area (Å²) in [6, 6.07) is 21.2. The average molecular weight is 411 g/mol. The fraction of sp³-hybridized carbons (Fsp3) is 0.0417. The largest absolute Gasteiger partial charge is 0.305 e. The van der Waals surface area contributed by atoms with E-state index in [1.807, 2.05) is 47.9 Å². The minimum atomic E-state index is -0.318. The second kappa shape index (κ2) is 7.53. The van der Waals surface area contributed by atoms with Crippen molar-refractivity contribution in [3.63, 3.8) is 0 Å². The number of anilines is 1. The Labute approximate surface area is 177 Å². The Morgan fingerprint density at radius 2 is 1.74 bits per heavy atom. The van der Waals surface area contributed by atoms with Gasteiger partial charge in [0.15, 0.2) is 5.82 Å². The molecule has 0 aliphatic heterocycles. The van der Waals surface area contributed by atoms with Crippen LogP contribution in [0, 0.1) is 12.7 Å². The number of para-hydroxylation sites is 2. The molecular weight excluding hydrogens is 393 g/mol. The minimum absolute atomic E-state index is 0.281. The van der Waals surface area contributed by atoms with Gasteiger partial charge in [0, 0.05) is 22.5 Å². The van der Waals surface area contributed by atoms with E-state index in [9.17, 15) is 9.18 Å². The summed E-state index contributed by atoms with van der Waals surface area (Å²) in [6.45, 7) is 1.85. The number of benzene rings is 3. The molecule has 6 nitrogen and oxygen atoms in total. The SMILES string of the molecule is Cc1[nH]nc(NC(=O)c2ccc(-n3cnc4ccccc43)cc2)c1-c1ccc(F)cc1. The molecular formula is C24H18FN5O. The highest BCUT2D eigenvalue weighted by atomic mass is 19.1. The summed E-state index contributed by atoms with van der Waals surface area (Å²) in [5.41, 5.74) is 5.60. The number of imidazole rings is 1. The fourth-order valence-corrected chi connectivity index (χ4v) is 3.61. The molecule has 152 valence electrons. The van der Waals surface area contributed by atoms with E-state index in [0.29, 0.717) is 11.4 Å². The number of hydrogen-bond donors (Lipinski definition) is 2. The van der Waals surface area contributed by atoms with Crippen molar-refractivity contribution in [3.05, 3.63) is 96.2 Å². The van der Waals surface area contributed by atoms with Crippen molar-refractivity contribution in [2.45, 2.75) is 6.92 Å². The Bertz CT molecular complexity index is 1380. The first-order chi connectivity index (χ1) is 15.1. The van der Waals surface area contributed by atoms with Crippen LogP contribution < -0.4 is 5.32 Å². The number of nitrogens with one attached hydrogen (secondary N) is 2. The summed E-state index contributed by atoms with van der Waals surface area (Å²) in [5.74, 6) is -0.197. The van der Waals surface area contributed by atoms with Crippen molar-refractivity contribution in [2.75, 3.05) is 5.32 Å². The van der Waals surface area contributed by atoms with Crippen molar-refractivity contribution in [1.82, 2.24) is 19.7 Å². The molecule has 5 aromatic rings. The summed E-state index contributed by atoms with van der Waals surface area (Å²) in [7, 11) is 0. The fourth-order valence-electron chi connectivity index (χ4n) is 3.61. The molecule has 0 fully saturated rings. The van der Waals surface area contributed by atoms with Crippen molar-refractivity contribution in [2.24, 2.45) is 0 Å². The van der Waals surface area contributed by atoms with Crippen LogP contribution in [-0.4, -0.2) is 25.7 Å². The summed E-state index contributed by atoms with van der Waals surface area (Å²) in [4.78, 5) is 17.2. The Balaban J connectivity index is 1.40. The number of H-pyrrole nitrogens is 1. The Kier molecular flexibility index (Phi) is 4.55. The van der Waals surface area contributed by atoms with Gasteiger partial charge >= 0.3 is 0 Å². The molecule has 7 heteroatoms. The molecule has 31 heavy (non-hydrogen) atoms. The van der Waals surface area contributed by atoms with E-state index >= 15 is 0 Å². The zero-order valence-corrected chi connectivity index (χ0v) is 16.6. The summed E-state index contributed by atoms with van der Waals surface area (Å²) >= 11 is 0. The average Bonchev–Trinajstić information content (AvgIpc) is 3.38. The van der Waals surface area contributed by atoms with Gasteiger partial charge in [0.25, 0.3) is 5.91 Å². The quantitative estimate of drug-likeness (QED) is 0.431. The first-order valence-corrected chi connectivity index (χ1v) is 9.75. The first-order valence-electron chi connectivity index (χ1n) is 9.75. The molecule has 0 radical (unpaired) electrons. The molecule has 0 bridgehead atoms. The number of aryl methyl sites for hydroxylation is 1. The van der Waals surface area contributed by atoms with Gasteiger partial charge in [-0.3, -0.25) is 14.5 Å².